The number of phenolic OH excluding ortho intramolecular Hbond substituents is 2. The van der Waals surface area contributed by atoms with E-state index in [0.29, 0.717) is 18.0 Å². The molecule has 92 valence electrons. The van der Waals surface area contributed by atoms with Crippen molar-refractivity contribution in [2.24, 2.45) is 0 Å². The highest BCUT2D eigenvalue weighted by atomic mass is 35.5. The molecular weight excluding hydrogens is 242 g/mol. The fraction of sp³-hybridized carbons (Fsp3) is 0.417. The van der Waals surface area contributed by atoms with E-state index in [1.54, 1.807) is 4.90 Å². The second-order valence-corrected chi connectivity index (χ2v) is 4.53. The average Bonchev–Trinajstić information content (AvgIpc) is 3.07. The number of amides is 1. The topological polar surface area (TPSA) is 60.8 Å². The quantitative estimate of drug-likeness (QED) is 0.809. The Morgan fingerprint density at radius 2 is 1.88 bits per heavy atom. The van der Waals surface area contributed by atoms with Gasteiger partial charge in [-0.2, -0.15) is 0 Å². The maximum Gasteiger partial charge on any atom is 0.254 e. The van der Waals surface area contributed by atoms with Crippen LogP contribution in [-0.4, -0.2) is 39.5 Å². The maximum atomic E-state index is 12.2. The smallest absolute Gasteiger partial charge is 0.254 e. The zero-order chi connectivity index (χ0) is 12.4. The van der Waals surface area contributed by atoms with Crippen molar-refractivity contribution in [1.29, 1.82) is 0 Å². The lowest BCUT2D eigenvalue weighted by atomic mass is 10.1. The fourth-order valence-corrected chi connectivity index (χ4v) is 1.99. The molecule has 1 fully saturated rings. The van der Waals surface area contributed by atoms with E-state index >= 15 is 0 Å². The molecule has 4 nitrogen and oxygen atoms in total. The lowest BCUT2D eigenvalue weighted by Gasteiger charge is -2.21. The Kier molecular flexibility index (Phi) is 3.43. The van der Waals surface area contributed by atoms with Crippen molar-refractivity contribution in [3.8, 4) is 11.5 Å². The van der Waals surface area contributed by atoms with E-state index in [2.05, 4.69) is 0 Å². The molecule has 0 bridgehead atoms. The number of hydrogen-bond donors (Lipinski definition) is 2. The number of carbonyl (C=O) groups is 1. The van der Waals surface area contributed by atoms with Crippen LogP contribution in [0.1, 0.15) is 23.2 Å². The highest BCUT2D eigenvalue weighted by molar-refractivity contribution is 6.18. The van der Waals surface area contributed by atoms with Gasteiger partial charge in [0.1, 0.15) is 11.5 Å². The van der Waals surface area contributed by atoms with Gasteiger partial charge in [-0.3, -0.25) is 4.79 Å². The van der Waals surface area contributed by atoms with Crippen LogP contribution in [0.2, 0.25) is 0 Å². The van der Waals surface area contributed by atoms with Crippen molar-refractivity contribution in [3.63, 3.8) is 0 Å². The van der Waals surface area contributed by atoms with Crippen LogP contribution in [0.15, 0.2) is 18.2 Å². The number of halogens is 1. The SMILES string of the molecule is O=C(c1cc(O)cc(O)c1)N(CCCl)C1CC1. The van der Waals surface area contributed by atoms with Gasteiger partial charge in [0.15, 0.2) is 0 Å². The number of rotatable bonds is 4. The first kappa shape index (κ1) is 12.0. The normalized spacial score (nSPS) is 14.6. The van der Waals surface area contributed by atoms with E-state index < -0.39 is 0 Å². The average molecular weight is 256 g/mol. The van der Waals surface area contributed by atoms with Crippen LogP contribution in [0.5, 0.6) is 11.5 Å². The first-order valence-electron chi connectivity index (χ1n) is 5.52. The van der Waals surface area contributed by atoms with Gasteiger partial charge in [0, 0.05) is 30.1 Å². The number of hydrogen-bond acceptors (Lipinski definition) is 3. The Morgan fingerprint density at radius 3 is 2.35 bits per heavy atom. The summed E-state index contributed by atoms with van der Waals surface area (Å²) in [5.41, 5.74) is 0.291. The Hall–Kier alpha value is -1.42. The number of phenols is 2. The molecule has 1 amide bonds. The molecule has 0 radical (unpaired) electrons. The lowest BCUT2D eigenvalue weighted by Crippen LogP contribution is -2.34. The molecule has 0 aromatic heterocycles. The molecule has 2 rings (SSSR count). The zero-order valence-electron chi connectivity index (χ0n) is 9.27. The summed E-state index contributed by atoms with van der Waals surface area (Å²) < 4.78 is 0. The number of benzene rings is 1. The van der Waals surface area contributed by atoms with Gasteiger partial charge in [0.05, 0.1) is 0 Å². The van der Waals surface area contributed by atoms with Crippen molar-refractivity contribution in [2.45, 2.75) is 18.9 Å². The first-order valence-corrected chi connectivity index (χ1v) is 6.05. The van der Waals surface area contributed by atoms with Crippen LogP contribution in [0.25, 0.3) is 0 Å². The summed E-state index contributed by atoms with van der Waals surface area (Å²) >= 11 is 5.67. The first-order chi connectivity index (χ1) is 8.11. The van der Waals surface area contributed by atoms with Gasteiger partial charge in [0.2, 0.25) is 0 Å². The third kappa shape index (κ3) is 2.82. The summed E-state index contributed by atoms with van der Waals surface area (Å²) in [6, 6.07) is 4.16. The van der Waals surface area contributed by atoms with E-state index in [1.165, 1.54) is 18.2 Å². The third-order valence-corrected chi connectivity index (χ3v) is 2.89. The number of alkyl halides is 1. The molecule has 1 aromatic carbocycles. The molecule has 0 aliphatic heterocycles. The summed E-state index contributed by atoms with van der Waals surface area (Å²) in [4.78, 5) is 13.9. The van der Waals surface area contributed by atoms with Crippen molar-refractivity contribution < 1.29 is 15.0 Å². The summed E-state index contributed by atoms with van der Waals surface area (Å²) in [5.74, 6) is -0.0446. The Bertz CT molecular complexity index is 412. The highest BCUT2D eigenvalue weighted by Gasteiger charge is 2.32. The second-order valence-electron chi connectivity index (χ2n) is 4.16. The third-order valence-electron chi connectivity index (χ3n) is 2.72. The largest absolute Gasteiger partial charge is 0.508 e. The molecule has 17 heavy (non-hydrogen) atoms. The molecule has 0 spiro atoms. The van der Waals surface area contributed by atoms with Crippen LogP contribution in [0.4, 0.5) is 0 Å². The molecule has 0 atom stereocenters. The monoisotopic (exact) mass is 255 g/mol. The molecule has 5 heteroatoms. The van der Waals surface area contributed by atoms with E-state index in [0.717, 1.165) is 12.8 Å². The van der Waals surface area contributed by atoms with E-state index in [-0.39, 0.29) is 23.4 Å². The van der Waals surface area contributed by atoms with Gasteiger partial charge in [0.25, 0.3) is 5.91 Å². The molecule has 1 saturated carbocycles. The van der Waals surface area contributed by atoms with Crippen LogP contribution in [-0.2, 0) is 0 Å². The number of aromatic hydroxyl groups is 2. The molecule has 0 heterocycles. The number of nitrogens with zero attached hydrogens (tertiary/aromatic N) is 1. The van der Waals surface area contributed by atoms with Gasteiger partial charge in [-0.15, -0.1) is 11.6 Å². The Morgan fingerprint density at radius 1 is 1.29 bits per heavy atom. The molecular formula is C12H14ClNO3. The predicted molar refractivity (Wildman–Crippen MR) is 64.6 cm³/mol. The Labute approximate surface area is 104 Å². The van der Waals surface area contributed by atoms with Gasteiger partial charge >= 0.3 is 0 Å². The summed E-state index contributed by atoms with van der Waals surface area (Å²) in [6.45, 7) is 0.488. The van der Waals surface area contributed by atoms with Gasteiger partial charge in [-0.25, -0.2) is 0 Å². The minimum absolute atomic E-state index is 0.116. The van der Waals surface area contributed by atoms with Crippen LogP contribution >= 0.6 is 11.6 Å². The van der Waals surface area contributed by atoms with Crippen LogP contribution in [0, 0.1) is 0 Å². The van der Waals surface area contributed by atoms with Crippen molar-refractivity contribution in [3.05, 3.63) is 23.8 Å². The lowest BCUT2D eigenvalue weighted by molar-refractivity contribution is 0.0753. The van der Waals surface area contributed by atoms with Crippen LogP contribution < -0.4 is 0 Å². The summed E-state index contributed by atoms with van der Waals surface area (Å²) in [6.07, 6.45) is 1.99. The molecule has 1 aliphatic carbocycles. The second kappa shape index (κ2) is 4.84. The minimum Gasteiger partial charge on any atom is -0.508 e. The van der Waals surface area contributed by atoms with Gasteiger partial charge in [-0.1, -0.05) is 0 Å². The fourth-order valence-electron chi connectivity index (χ4n) is 1.81. The highest BCUT2D eigenvalue weighted by Crippen LogP contribution is 2.29. The molecule has 1 aromatic rings. The zero-order valence-corrected chi connectivity index (χ0v) is 10.0. The summed E-state index contributed by atoms with van der Waals surface area (Å²) in [7, 11) is 0. The van der Waals surface area contributed by atoms with Gasteiger partial charge in [-0.05, 0) is 25.0 Å². The minimum atomic E-state index is -0.195. The van der Waals surface area contributed by atoms with Gasteiger partial charge < -0.3 is 15.1 Å². The van der Waals surface area contributed by atoms with Crippen molar-refractivity contribution >= 4 is 17.5 Å². The van der Waals surface area contributed by atoms with Crippen molar-refractivity contribution in [2.75, 3.05) is 12.4 Å². The standard InChI is InChI=1S/C12H14ClNO3/c13-3-4-14(9-1-2-9)12(17)8-5-10(15)7-11(16)6-8/h5-7,9,15-16H,1-4H2. The van der Waals surface area contributed by atoms with E-state index in [4.69, 9.17) is 11.6 Å². The molecule has 2 N–H and O–H groups in total. The molecule has 0 saturated heterocycles. The van der Waals surface area contributed by atoms with E-state index in [1.807, 2.05) is 0 Å². The predicted octanol–water partition coefficient (Wildman–Crippen LogP) is 1.94. The van der Waals surface area contributed by atoms with Crippen LogP contribution in [0.3, 0.4) is 0 Å². The van der Waals surface area contributed by atoms with Crippen molar-refractivity contribution in [1.82, 2.24) is 4.90 Å². The molecule has 1 aliphatic rings. The number of carbonyl (C=O) groups excluding carboxylic acids is 1. The molecule has 0 unspecified atom stereocenters. The maximum absolute atomic E-state index is 12.2. The van der Waals surface area contributed by atoms with E-state index in [9.17, 15) is 15.0 Å². The summed E-state index contributed by atoms with van der Waals surface area (Å²) in [5, 5.41) is 18.7. The Balaban J connectivity index is 2.21.